The van der Waals surface area contributed by atoms with Crippen LogP contribution in [-0.2, 0) is 6.54 Å². The van der Waals surface area contributed by atoms with Gasteiger partial charge in [0.2, 0.25) is 0 Å². The van der Waals surface area contributed by atoms with Gasteiger partial charge in [-0.25, -0.2) is 0 Å². The molecule has 2 unspecified atom stereocenters. The fraction of sp³-hybridized carbons (Fsp3) is 0.556. The number of nitrogens with zero attached hydrogens (tertiary/aromatic N) is 1. The third kappa shape index (κ3) is 2.35. The SMILES string of the molecule is OC1CN(Cc2ccc(Br)s2)CC1O. The van der Waals surface area contributed by atoms with Gasteiger partial charge in [-0.05, 0) is 28.1 Å². The number of likely N-dealkylation sites (tertiary alicyclic amines) is 1. The molecule has 2 N–H and O–H groups in total. The minimum absolute atomic E-state index is 0.566. The molecule has 0 saturated carbocycles. The molecule has 3 nitrogen and oxygen atoms in total. The van der Waals surface area contributed by atoms with Crippen molar-refractivity contribution in [2.24, 2.45) is 0 Å². The predicted molar refractivity (Wildman–Crippen MR) is 59.3 cm³/mol. The Morgan fingerprint density at radius 3 is 2.50 bits per heavy atom. The van der Waals surface area contributed by atoms with Crippen LogP contribution in [0.4, 0.5) is 0 Å². The van der Waals surface area contributed by atoms with Crippen LogP contribution in [-0.4, -0.2) is 40.4 Å². The Kier molecular flexibility index (Phi) is 3.23. The van der Waals surface area contributed by atoms with Crippen molar-refractivity contribution in [3.05, 3.63) is 20.8 Å². The molecule has 78 valence electrons. The summed E-state index contributed by atoms with van der Waals surface area (Å²) >= 11 is 5.10. The molecule has 0 spiro atoms. The van der Waals surface area contributed by atoms with Crippen LogP contribution in [0.3, 0.4) is 0 Å². The highest BCUT2D eigenvalue weighted by Crippen LogP contribution is 2.24. The lowest BCUT2D eigenvalue weighted by Crippen LogP contribution is -2.22. The number of aliphatic hydroxyl groups excluding tert-OH is 2. The van der Waals surface area contributed by atoms with Gasteiger partial charge in [0, 0.05) is 24.5 Å². The molecule has 1 aromatic heterocycles. The molecule has 2 atom stereocenters. The third-order valence-electron chi connectivity index (χ3n) is 2.34. The van der Waals surface area contributed by atoms with Crippen LogP contribution in [0.15, 0.2) is 15.9 Å². The first-order chi connectivity index (χ1) is 6.65. The van der Waals surface area contributed by atoms with E-state index in [9.17, 15) is 10.2 Å². The van der Waals surface area contributed by atoms with Crippen LogP contribution in [0.5, 0.6) is 0 Å². The summed E-state index contributed by atoms with van der Waals surface area (Å²) in [6.45, 7) is 1.94. The van der Waals surface area contributed by atoms with Crippen LogP contribution < -0.4 is 0 Å². The van der Waals surface area contributed by atoms with E-state index in [4.69, 9.17) is 0 Å². The van der Waals surface area contributed by atoms with Gasteiger partial charge in [0.1, 0.15) is 0 Å². The maximum Gasteiger partial charge on any atom is 0.0938 e. The first kappa shape index (κ1) is 10.6. The molecule has 2 rings (SSSR count). The molecule has 1 saturated heterocycles. The number of hydrogen-bond acceptors (Lipinski definition) is 4. The lowest BCUT2D eigenvalue weighted by atomic mass is 10.3. The Balaban J connectivity index is 1.93. The van der Waals surface area contributed by atoms with Crippen molar-refractivity contribution < 1.29 is 10.2 Å². The molecule has 0 aliphatic carbocycles. The van der Waals surface area contributed by atoms with E-state index < -0.39 is 12.2 Å². The Morgan fingerprint density at radius 2 is 2.00 bits per heavy atom. The van der Waals surface area contributed by atoms with E-state index in [1.54, 1.807) is 11.3 Å². The van der Waals surface area contributed by atoms with Gasteiger partial charge in [0.05, 0.1) is 16.0 Å². The van der Waals surface area contributed by atoms with Gasteiger partial charge in [0.25, 0.3) is 0 Å². The first-order valence-electron chi connectivity index (χ1n) is 4.48. The summed E-state index contributed by atoms with van der Waals surface area (Å²) in [5.74, 6) is 0. The zero-order chi connectivity index (χ0) is 10.1. The summed E-state index contributed by atoms with van der Waals surface area (Å²) < 4.78 is 1.12. The van der Waals surface area contributed by atoms with Gasteiger partial charge in [-0.2, -0.15) is 0 Å². The summed E-state index contributed by atoms with van der Waals surface area (Å²) in [5, 5.41) is 18.7. The van der Waals surface area contributed by atoms with E-state index in [0.717, 1.165) is 10.3 Å². The molecule has 0 bridgehead atoms. The molecule has 0 radical (unpaired) electrons. The van der Waals surface area contributed by atoms with Gasteiger partial charge < -0.3 is 10.2 Å². The maximum atomic E-state index is 9.35. The summed E-state index contributed by atoms with van der Waals surface area (Å²) in [6.07, 6.45) is -1.17. The molecular weight excluding hydrogens is 266 g/mol. The molecule has 0 aromatic carbocycles. The molecule has 2 heterocycles. The quantitative estimate of drug-likeness (QED) is 0.850. The fourth-order valence-corrected chi connectivity index (χ4v) is 3.16. The average Bonchev–Trinajstić information content (AvgIpc) is 2.62. The van der Waals surface area contributed by atoms with Crippen molar-refractivity contribution in [3.8, 4) is 0 Å². The van der Waals surface area contributed by atoms with Crippen molar-refractivity contribution in [2.75, 3.05) is 13.1 Å². The van der Waals surface area contributed by atoms with Gasteiger partial charge in [0.15, 0.2) is 0 Å². The normalized spacial score (nSPS) is 28.5. The Hall–Kier alpha value is 0.0600. The summed E-state index contributed by atoms with van der Waals surface area (Å²) in [7, 11) is 0. The molecule has 0 amide bonds. The summed E-state index contributed by atoms with van der Waals surface area (Å²) in [5.41, 5.74) is 0. The van der Waals surface area contributed by atoms with Crippen molar-refractivity contribution >= 4 is 27.3 Å². The Labute approximate surface area is 95.1 Å². The smallest absolute Gasteiger partial charge is 0.0938 e. The lowest BCUT2D eigenvalue weighted by molar-refractivity contribution is 0.0572. The van der Waals surface area contributed by atoms with E-state index in [2.05, 4.69) is 26.9 Å². The van der Waals surface area contributed by atoms with Crippen molar-refractivity contribution in [3.63, 3.8) is 0 Å². The zero-order valence-electron chi connectivity index (χ0n) is 7.56. The molecule has 5 heteroatoms. The monoisotopic (exact) mass is 277 g/mol. The van der Waals surface area contributed by atoms with E-state index in [1.807, 2.05) is 6.07 Å². The number of halogens is 1. The second kappa shape index (κ2) is 4.28. The van der Waals surface area contributed by atoms with Crippen molar-refractivity contribution in [1.29, 1.82) is 0 Å². The highest BCUT2D eigenvalue weighted by Gasteiger charge is 2.29. The minimum Gasteiger partial charge on any atom is -0.389 e. The third-order valence-corrected chi connectivity index (χ3v) is 3.95. The van der Waals surface area contributed by atoms with Crippen molar-refractivity contribution in [1.82, 2.24) is 4.90 Å². The van der Waals surface area contributed by atoms with Crippen LogP contribution in [0.25, 0.3) is 0 Å². The van der Waals surface area contributed by atoms with Gasteiger partial charge in [-0.3, -0.25) is 4.90 Å². The number of rotatable bonds is 2. The molecule has 14 heavy (non-hydrogen) atoms. The molecule has 1 fully saturated rings. The second-order valence-electron chi connectivity index (χ2n) is 3.53. The van der Waals surface area contributed by atoms with E-state index >= 15 is 0 Å². The van der Waals surface area contributed by atoms with Gasteiger partial charge in [-0.15, -0.1) is 11.3 Å². The average molecular weight is 278 g/mol. The largest absolute Gasteiger partial charge is 0.389 e. The van der Waals surface area contributed by atoms with Crippen LogP contribution in [0.2, 0.25) is 0 Å². The van der Waals surface area contributed by atoms with Crippen LogP contribution >= 0.6 is 27.3 Å². The minimum atomic E-state index is -0.585. The van der Waals surface area contributed by atoms with Crippen LogP contribution in [0, 0.1) is 0 Å². The Bertz CT molecular complexity index is 308. The molecular formula is C9H12BrNO2S. The lowest BCUT2D eigenvalue weighted by Gasteiger charge is -2.12. The van der Waals surface area contributed by atoms with Gasteiger partial charge >= 0.3 is 0 Å². The molecule has 1 aliphatic heterocycles. The first-order valence-corrected chi connectivity index (χ1v) is 6.09. The van der Waals surface area contributed by atoms with Crippen molar-refractivity contribution in [2.45, 2.75) is 18.8 Å². The van der Waals surface area contributed by atoms with E-state index in [0.29, 0.717) is 13.1 Å². The van der Waals surface area contributed by atoms with E-state index in [1.165, 1.54) is 4.88 Å². The van der Waals surface area contributed by atoms with Gasteiger partial charge in [-0.1, -0.05) is 0 Å². The highest BCUT2D eigenvalue weighted by atomic mass is 79.9. The number of thiophene rings is 1. The molecule has 1 aliphatic rings. The standard InChI is InChI=1S/C9H12BrNO2S/c10-9-2-1-6(14-9)3-11-4-7(12)8(13)5-11/h1-2,7-8,12-13H,3-5H2. The van der Waals surface area contributed by atoms with E-state index in [-0.39, 0.29) is 0 Å². The maximum absolute atomic E-state index is 9.35. The number of β-amino-alcohol motifs (C(OH)–C–C–N with tert-alkyl or cyclic N) is 2. The summed E-state index contributed by atoms with van der Waals surface area (Å²) in [6, 6.07) is 4.08. The highest BCUT2D eigenvalue weighted by molar-refractivity contribution is 9.11. The zero-order valence-corrected chi connectivity index (χ0v) is 9.96. The summed E-state index contributed by atoms with van der Waals surface area (Å²) in [4.78, 5) is 3.31. The number of aliphatic hydroxyl groups is 2. The molecule has 1 aromatic rings. The number of hydrogen-bond donors (Lipinski definition) is 2. The Morgan fingerprint density at radius 1 is 1.36 bits per heavy atom. The predicted octanol–water partition coefficient (Wildman–Crippen LogP) is 1.05. The fourth-order valence-electron chi connectivity index (χ4n) is 1.63. The van der Waals surface area contributed by atoms with Crippen LogP contribution in [0.1, 0.15) is 4.88 Å². The second-order valence-corrected chi connectivity index (χ2v) is 6.08. The topological polar surface area (TPSA) is 43.7 Å².